The van der Waals surface area contributed by atoms with Crippen LogP contribution in [0.25, 0.3) is 22.5 Å². The van der Waals surface area contributed by atoms with E-state index in [0.717, 1.165) is 28.9 Å². The zero-order chi connectivity index (χ0) is 18.3. The number of aromatic amines is 1. The van der Waals surface area contributed by atoms with Gasteiger partial charge in [0.2, 0.25) is 0 Å². The Hall–Kier alpha value is -2.95. The molecule has 0 saturated carbocycles. The first-order valence-electron chi connectivity index (χ1n) is 8.79. The molecule has 2 aromatic heterocycles. The molecule has 3 heterocycles. The van der Waals surface area contributed by atoms with E-state index in [2.05, 4.69) is 29.1 Å². The van der Waals surface area contributed by atoms with Gasteiger partial charge in [0.05, 0.1) is 11.3 Å². The fraction of sp³-hybridized carbons (Fsp3) is 0.238. The molecule has 26 heavy (non-hydrogen) atoms. The highest BCUT2D eigenvalue weighted by Crippen LogP contribution is 2.30. The minimum atomic E-state index is -0.288. The van der Waals surface area contributed by atoms with E-state index in [4.69, 9.17) is 0 Å². The monoisotopic (exact) mass is 349 g/mol. The topological polar surface area (TPSA) is 57.8 Å². The Bertz CT molecular complexity index is 991. The van der Waals surface area contributed by atoms with Gasteiger partial charge in [-0.2, -0.15) is 0 Å². The molecule has 0 aliphatic carbocycles. The Balaban J connectivity index is 1.77. The van der Waals surface area contributed by atoms with E-state index < -0.39 is 0 Å². The first-order valence-corrected chi connectivity index (χ1v) is 8.79. The lowest BCUT2D eigenvalue weighted by Gasteiger charge is -2.11. The Morgan fingerprint density at radius 3 is 2.73 bits per heavy atom. The number of nitrogens with zero attached hydrogens (tertiary/aromatic N) is 1. The van der Waals surface area contributed by atoms with Crippen LogP contribution < -0.4 is 5.32 Å². The van der Waals surface area contributed by atoms with Gasteiger partial charge in [-0.15, -0.1) is 0 Å². The number of aromatic nitrogens is 2. The summed E-state index contributed by atoms with van der Waals surface area (Å²) in [6.45, 7) is 4.80. The number of nitrogens with one attached hydrogen (secondary N) is 2. The van der Waals surface area contributed by atoms with Gasteiger partial charge in [0.15, 0.2) is 0 Å². The summed E-state index contributed by atoms with van der Waals surface area (Å²) in [5.74, 6) is -0.0332. The van der Waals surface area contributed by atoms with E-state index in [1.54, 1.807) is 6.20 Å². The standard InChI is InChI=1S/C21H20FN3O/c1-12(2)13-3-4-17(22)15(9-13)20-10-14(5-7-23-20)19-11-16-18(25-19)6-8-24-21(16)26/h3-5,7,9-12,25H,6,8H2,1-2H3,(H,24,26). The van der Waals surface area contributed by atoms with Gasteiger partial charge in [-0.3, -0.25) is 9.78 Å². The highest BCUT2D eigenvalue weighted by atomic mass is 19.1. The van der Waals surface area contributed by atoms with E-state index in [1.165, 1.54) is 6.07 Å². The van der Waals surface area contributed by atoms with Crippen LogP contribution in [0.3, 0.4) is 0 Å². The molecule has 4 nitrogen and oxygen atoms in total. The molecule has 5 heteroatoms. The van der Waals surface area contributed by atoms with Crippen LogP contribution in [0.1, 0.15) is 41.4 Å². The number of carbonyl (C=O) groups is 1. The second kappa shape index (κ2) is 6.41. The fourth-order valence-corrected chi connectivity index (χ4v) is 3.29. The number of benzene rings is 1. The smallest absolute Gasteiger partial charge is 0.253 e. The molecule has 2 N–H and O–H groups in total. The number of pyridine rings is 1. The van der Waals surface area contributed by atoms with Crippen molar-refractivity contribution in [2.24, 2.45) is 0 Å². The molecule has 3 aromatic rings. The van der Waals surface area contributed by atoms with E-state index in [-0.39, 0.29) is 11.7 Å². The van der Waals surface area contributed by atoms with Gasteiger partial charge in [-0.1, -0.05) is 19.9 Å². The van der Waals surface area contributed by atoms with Gasteiger partial charge >= 0.3 is 0 Å². The molecule has 1 aliphatic rings. The predicted molar refractivity (Wildman–Crippen MR) is 99.5 cm³/mol. The molecule has 0 spiro atoms. The molecule has 4 rings (SSSR count). The summed E-state index contributed by atoms with van der Waals surface area (Å²) in [6, 6.07) is 10.7. The average molecular weight is 349 g/mol. The third-order valence-corrected chi connectivity index (χ3v) is 4.81. The maximum absolute atomic E-state index is 14.4. The van der Waals surface area contributed by atoms with E-state index >= 15 is 0 Å². The summed E-state index contributed by atoms with van der Waals surface area (Å²) < 4.78 is 14.4. The number of rotatable bonds is 3. The minimum Gasteiger partial charge on any atom is -0.358 e. The lowest BCUT2D eigenvalue weighted by molar-refractivity contribution is 0.0946. The lowest BCUT2D eigenvalue weighted by atomic mass is 9.98. The maximum Gasteiger partial charge on any atom is 0.253 e. The Morgan fingerprint density at radius 1 is 1.12 bits per heavy atom. The van der Waals surface area contributed by atoms with Crippen molar-refractivity contribution in [2.45, 2.75) is 26.2 Å². The summed E-state index contributed by atoms with van der Waals surface area (Å²) >= 11 is 0. The highest BCUT2D eigenvalue weighted by Gasteiger charge is 2.20. The third-order valence-electron chi connectivity index (χ3n) is 4.81. The van der Waals surface area contributed by atoms with Gasteiger partial charge in [-0.05, 0) is 41.8 Å². The van der Waals surface area contributed by atoms with E-state index in [0.29, 0.717) is 29.3 Å². The number of halogens is 1. The normalized spacial score (nSPS) is 13.6. The number of amides is 1. The largest absolute Gasteiger partial charge is 0.358 e. The van der Waals surface area contributed by atoms with Crippen molar-refractivity contribution in [1.29, 1.82) is 0 Å². The van der Waals surface area contributed by atoms with E-state index in [9.17, 15) is 9.18 Å². The summed E-state index contributed by atoms with van der Waals surface area (Å²) in [4.78, 5) is 19.7. The second-order valence-corrected chi connectivity index (χ2v) is 6.90. The van der Waals surface area contributed by atoms with Gasteiger partial charge in [-0.25, -0.2) is 4.39 Å². The van der Waals surface area contributed by atoms with Crippen LogP contribution >= 0.6 is 0 Å². The molecule has 0 fully saturated rings. The fourth-order valence-electron chi connectivity index (χ4n) is 3.29. The number of hydrogen-bond donors (Lipinski definition) is 2. The molecule has 0 radical (unpaired) electrons. The van der Waals surface area contributed by atoms with E-state index in [1.807, 2.05) is 30.3 Å². The van der Waals surface area contributed by atoms with Crippen LogP contribution in [-0.2, 0) is 6.42 Å². The van der Waals surface area contributed by atoms with Crippen molar-refractivity contribution >= 4 is 5.91 Å². The summed E-state index contributed by atoms with van der Waals surface area (Å²) in [7, 11) is 0. The van der Waals surface area contributed by atoms with Crippen LogP contribution in [0.4, 0.5) is 4.39 Å². The van der Waals surface area contributed by atoms with Crippen LogP contribution in [0, 0.1) is 5.82 Å². The molecule has 1 aliphatic heterocycles. The van der Waals surface area contributed by atoms with Crippen LogP contribution in [0.5, 0.6) is 0 Å². The predicted octanol–water partition coefficient (Wildman–Crippen LogP) is 4.29. The van der Waals surface area contributed by atoms with Gasteiger partial charge in [0, 0.05) is 41.7 Å². The molecule has 0 bridgehead atoms. The maximum atomic E-state index is 14.4. The third kappa shape index (κ3) is 2.90. The zero-order valence-electron chi connectivity index (χ0n) is 14.8. The van der Waals surface area contributed by atoms with Gasteiger partial charge < -0.3 is 10.3 Å². The SMILES string of the molecule is CC(C)c1ccc(F)c(-c2cc(-c3cc4c([nH]3)CCNC4=O)ccn2)c1. The molecule has 0 saturated heterocycles. The summed E-state index contributed by atoms with van der Waals surface area (Å²) in [5, 5.41) is 2.84. The zero-order valence-corrected chi connectivity index (χ0v) is 14.8. The van der Waals surface area contributed by atoms with Crippen molar-refractivity contribution < 1.29 is 9.18 Å². The molecule has 1 amide bonds. The summed E-state index contributed by atoms with van der Waals surface area (Å²) in [5.41, 5.74) is 5.49. The quantitative estimate of drug-likeness (QED) is 0.741. The van der Waals surface area contributed by atoms with Crippen molar-refractivity contribution in [3.63, 3.8) is 0 Å². The number of carbonyl (C=O) groups excluding carboxylic acids is 1. The molecule has 0 unspecified atom stereocenters. The molecule has 132 valence electrons. The Kier molecular flexibility index (Phi) is 4.07. The van der Waals surface area contributed by atoms with Crippen LogP contribution in [-0.4, -0.2) is 22.4 Å². The first-order chi connectivity index (χ1) is 12.5. The van der Waals surface area contributed by atoms with Gasteiger partial charge in [0.25, 0.3) is 5.91 Å². The van der Waals surface area contributed by atoms with Gasteiger partial charge in [0.1, 0.15) is 5.82 Å². The number of fused-ring (bicyclic) bond motifs is 1. The van der Waals surface area contributed by atoms with Crippen LogP contribution in [0.15, 0.2) is 42.6 Å². The first kappa shape index (κ1) is 16.5. The Labute approximate surface area is 151 Å². The van der Waals surface area contributed by atoms with Crippen LogP contribution in [0.2, 0.25) is 0 Å². The average Bonchev–Trinajstić information content (AvgIpc) is 3.08. The minimum absolute atomic E-state index is 0.0568. The number of H-pyrrole nitrogens is 1. The van der Waals surface area contributed by atoms with Crippen molar-refractivity contribution in [3.05, 3.63) is 65.2 Å². The lowest BCUT2D eigenvalue weighted by Crippen LogP contribution is -2.31. The van der Waals surface area contributed by atoms with Crippen molar-refractivity contribution in [2.75, 3.05) is 6.54 Å². The van der Waals surface area contributed by atoms with Crippen molar-refractivity contribution in [3.8, 4) is 22.5 Å². The molecule has 1 aromatic carbocycles. The van der Waals surface area contributed by atoms with Crippen molar-refractivity contribution in [1.82, 2.24) is 15.3 Å². The highest BCUT2D eigenvalue weighted by molar-refractivity contribution is 5.97. The number of hydrogen-bond acceptors (Lipinski definition) is 2. The summed E-state index contributed by atoms with van der Waals surface area (Å²) in [6.07, 6.45) is 2.45. The molecule has 0 atom stereocenters. The Morgan fingerprint density at radius 2 is 1.96 bits per heavy atom. The second-order valence-electron chi connectivity index (χ2n) is 6.90. The molecular weight excluding hydrogens is 329 g/mol. The molecular formula is C21H20FN3O.